The van der Waals surface area contributed by atoms with Gasteiger partial charge in [-0.05, 0) is 41.8 Å². The SMILES string of the molecule is Cc1cc([N+](C)(C)C=O)ccc1-c1ccc(C(=O)O)cc1. The first kappa shape index (κ1) is 14.9. The second kappa shape index (κ2) is 5.50. The summed E-state index contributed by atoms with van der Waals surface area (Å²) in [6.07, 6.45) is 0.885. The van der Waals surface area contributed by atoms with Crippen molar-refractivity contribution in [3.63, 3.8) is 0 Å². The molecule has 0 atom stereocenters. The molecule has 0 fully saturated rings. The molecule has 4 nitrogen and oxygen atoms in total. The molecule has 21 heavy (non-hydrogen) atoms. The molecule has 4 heteroatoms. The van der Waals surface area contributed by atoms with E-state index in [-0.39, 0.29) is 10.0 Å². The van der Waals surface area contributed by atoms with E-state index in [9.17, 15) is 9.59 Å². The third-order valence-corrected chi connectivity index (χ3v) is 3.58. The molecule has 0 aliphatic carbocycles. The minimum absolute atomic E-state index is 0.166. The van der Waals surface area contributed by atoms with Crippen molar-refractivity contribution >= 4 is 18.1 Å². The highest BCUT2D eigenvalue weighted by Gasteiger charge is 2.18. The number of benzene rings is 2. The largest absolute Gasteiger partial charge is 0.478 e. The molecule has 2 aromatic rings. The van der Waals surface area contributed by atoms with E-state index in [1.54, 1.807) is 24.3 Å². The third-order valence-electron chi connectivity index (χ3n) is 3.58. The average molecular weight is 284 g/mol. The van der Waals surface area contributed by atoms with Crippen LogP contribution in [0.15, 0.2) is 42.5 Å². The Kier molecular flexibility index (Phi) is 3.91. The number of aromatic carboxylic acids is 1. The van der Waals surface area contributed by atoms with E-state index in [1.165, 1.54) is 0 Å². The van der Waals surface area contributed by atoms with Crippen molar-refractivity contribution in [2.24, 2.45) is 0 Å². The van der Waals surface area contributed by atoms with Gasteiger partial charge in [0.05, 0.1) is 19.7 Å². The molecule has 0 radical (unpaired) electrons. The van der Waals surface area contributed by atoms with E-state index in [4.69, 9.17) is 5.11 Å². The zero-order valence-corrected chi connectivity index (χ0v) is 12.3. The zero-order valence-electron chi connectivity index (χ0n) is 12.3. The Morgan fingerprint density at radius 3 is 2.19 bits per heavy atom. The van der Waals surface area contributed by atoms with Crippen molar-refractivity contribution in [3.8, 4) is 11.1 Å². The average Bonchev–Trinajstić information content (AvgIpc) is 2.47. The molecule has 2 rings (SSSR count). The minimum Gasteiger partial charge on any atom is -0.478 e. The number of carbonyl (C=O) groups is 2. The molecule has 0 aliphatic rings. The van der Waals surface area contributed by atoms with Crippen LogP contribution < -0.4 is 4.48 Å². The number of rotatable bonds is 4. The van der Waals surface area contributed by atoms with Gasteiger partial charge in [-0.3, -0.25) is 0 Å². The summed E-state index contributed by atoms with van der Waals surface area (Å²) in [7, 11) is 3.65. The number of carboxylic acids is 1. The summed E-state index contributed by atoms with van der Waals surface area (Å²) in [5.41, 5.74) is 4.21. The first-order chi connectivity index (χ1) is 9.85. The lowest BCUT2D eigenvalue weighted by Gasteiger charge is -2.21. The van der Waals surface area contributed by atoms with Gasteiger partial charge >= 0.3 is 12.4 Å². The van der Waals surface area contributed by atoms with Crippen LogP contribution >= 0.6 is 0 Å². The fourth-order valence-corrected chi connectivity index (χ4v) is 2.18. The number of carbonyl (C=O) groups excluding carboxylic acids is 1. The summed E-state index contributed by atoms with van der Waals surface area (Å²) in [6, 6.07) is 12.6. The number of carboxylic acid groups (broad SMARTS) is 1. The van der Waals surface area contributed by atoms with Crippen LogP contribution in [0.5, 0.6) is 0 Å². The quantitative estimate of drug-likeness (QED) is 0.693. The number of hydrogen-bond acceptors (Lipinski definition) is 2. The van der Waals surface area contributed by atoms with E-state index in [0.717, 1.165) is 28.8 Å². The lowest BCUT2D eigenvalue weighted by molar-refractivity contribution is -0.115. The van der Waals surface area contributed by atoms with Gasteiger partial charge in [0.25, 0.3) is 0 Å². The number of amides is 1. The Morgan fingerprint density at radius 1 is 1.10 bits per heavy atom. The molecule has 108 valence electrons. The topological polar surface area (TPSA) is 54.4 Å². The summed E-state index contributed by atoms with van der Waals surface area (Å²) >= 11 is 0. The first-order valence-corrected chi connectivity index (χ1v) is 6.60. The second-order valence-corrected chi connectivity index (χ2v) is 5.53. The smallest absolute Gasteiger partial charge is 0.335 e. The molecule has 0 aromatic heterocycles. The van der Waals surface area contributed by atoms with Crippen LogP contribution in [-0.2, 0) is 4.79 Å². The molecule has 2 aromatic carbocycles. The van der Waals surface area contributed by atoms with Crippen molar-refractivity contribution in [2.45, 2.75) is 6.92 Å². The van der Waals surface area contributed by atoms with Gasteiger partial charge in [-0.15, -0.1) is 0 Å². The number of nitrogens with zero attached hydrogens (tertiary/aromatic N) is 1. The van der Waals surface area contributed by atoms with Crippen molar-refractivity contribution in [1.29, 1.82) is 0 Å². The van der Waals surface area contributed by atoms with E-state index >= 15 is 0 Å². The molecular formula is C17H18NO3+. The third kappa shape index (κ3) is 3.01. The van der Waals surface area contributed by atoms with Crippen molar-refractivity contribution in [3.05, 3.63) is 53.6 Å². The fourth-order valence-electron chi connectivity index (χ4n) is 2.18. The molecule has 0 spiro atoms. The predicted octanol–water partition coefficient (Wildman–Crippen LogP) is 3.08. The van der Waals surface area contributed by atoms with Crippen molar-refractivity contribution in [2.75, 3.05) is 14.1 Å². The normalized spacial score (nSPS) is 11.2. The Morgan fingerprint density at radius 2 is 1.71 bits per heavy atom. The highest BCUT2D eigenvalue weighted by Crippen LogP contribution is 2.28. The zero-order chi connectivity index (χ0) is 15.6. The molecule has 1 N–H and O–H groups in total. The standard InChI is InChI=1S/C17H17NO3/c1-12-10-15(18(2,3)11-19)8-9-16(12)13-4-6-14(7-5-13)17(20)21/h4-11H,1-3H3/p+1. The van der Waals surface area contributed by atoms with Crippen molar-refractivity contribution in [1.82, 2.24) is 4.48 Å². The summed E-state index contributed by atoms with van der Waals surface area (Å²) in [5.74, 6) is -0.932. The number of hydrogen-bond donors (Lipinski definition) is 1. The van der Waals surface area contributed by atoms with Crippen LogP contribution in [0.2, 0.25) is 0 Å². The number of quaternary nitrogens is 1. The highest BCUT2D eigenvalue weighted by atomic mass is 16.4. The molecule has 0 saturated carbocycles. The van der Waals surface area contributed by atoms with Crippen LogP contribution in [0.1, 0.15) is 15.9 Å². The summed E-state index contributed by atoms with van der Waals surface area (Å²) in [6.45, 7) is 1.98. The predicted molar refractivity (Wildman–Crippen MR) is 83.3 cm³/mol. The van der Waals surface area contributed by atoms with Gasteiger partial charge in [0.1, 0.15) is 5.69 Å². The monoisotopic (exact) mass is 284 g/mol. The first-order valence-electron chi connectivity index (χ1n) is 6.60. The highest BCUT2D eigenvalue weighted by molar-refractivity contribution is 5.88. The van der Waals surface area contributed by atoms with Gasteiger partial charge in [-0.1, -0.05) is 12.1 Å². The molecule has 0 heterocycles. The molecule has 0 aliphatic heterocycles. The Hall–Kier alpha value is -2.46. The van der Waals surface area contributed by atoms with Gasteiger partial charge in [-0.25, -0.2) is 14.1 Å². The lowest BCUT2D eigenvalue weighted by atomic mass is 9.98. The maximum Gasteiger partial charge on any atom is 0.335 e. The van der Waals surface area contributed by atoms with Gasteiger partial charge in [0.15, 0.2) is 0 Å². The second-order valence-electron chi connectivity index (χ2n) is 5.53. The molecule has 1 amide bonds. The Balaban J connectivity index is 2.41. The summed E-state index contributed by atoms with van der Waals surface area (Å²) < 4.78 is 0.166. The van der Waals surface area contributed by atoms with Crippen LogP contribution in [0.25, 0.3) is 11.1 Å². The van der Waals surface area contributed by atoms with Gasteiger partial charge in [-0.2, -0.15) is 0 Å². The Labute approximate surface area is 123 Å². The maximum atomic E-state index is 11.1. The Bertz CT molecular complexity index is 688. The van der Waals surface area contributed by atoms with E-state index in [1.807, 2.05) is 39.2 Å². The summed E-state index contributed by atoms with van der Waals surface area (Å²) in [5, 5.41) is 8.92. The van der Waals surface area contributed by atoms with Gasteiger partial charge in [0, 0.05) is 12.1 Å². The van der Waals surface area contributed by atoms with E-state index in [0.29, 0.717) is 0 Å². The van der Waals surface area contributed by atoms with Gasteiger partial charge < -0.3 is 5.11 Å². The molecule has 0 unspecified atom stereocenters. The van der Waals surface area contributed by atoms with Gasteiger partial charge in [0.2, 0.25) is 0 Å². The molecular weight excluding hydrogens is 266 g/mol. The van der Waals surface area contributed by atoms with E-state index in [2.05, 4.69) is 0 Å². The van der Waals surface area contributed by atoms with E-state index < -0.39 is 5.97 Å². The summed E-state index contributed by atoms with van der Waals surface area (Å²) in [4.78, 5) is 22.0. The van der Waals surface area contributed by atoms with Crippen molar-refractivity contribution < 1.29 is 14.7 Å². The van der Waals surface area contributed by atoms with Crippen LogP contribution in [0, 0.1) is 6.92 Å². The minimum atomic E-state index is -0.932. The molecule has 0 bridgehead atoms. The van der Waals surface area contributed by atoms with Crippen LogP contribution in [0.3, 0.4) is 0 Å². The van der Waals surface area contributed by atoms with Crippen LogP contribution in [0.4, 0.5) is 5.69 Å². The molecule has 0 saturated heterocycles. The number of aryl methyl sites for hydroxylation is 1. The van der Waals surface area contributed by atoms with Crippen LogP contribution in [-0.4, -0.2) is 31.6 Å². The maximum absolute atomic E-state index is 11.1. The lowest BCUT2D eigenvalue weighted by Crippen LogP contribution is -2.38. The fraction of sp³-hybridized carbons (Fsp3) is 0.176.